The van der Waals surface area contributed by atoms with Gasteiger partial charge in [-0.1, -0.05) is 26.0 Å². The van der Waals surface area contributed by atoms with Crippen LogP contribution in [0.15, 0.2) is 6.20 Å². The van der Waals surface area contributed by atoms with E-state index in [2.05, 4.69) is 20.6 Å². The Labute approximate surface area is 204 Å². The summed E-state index contributed by atoms with van der Waals surface area (Å²) in [6, 6.07) is -1.40. The molecule has 2 amide bonds. The maximum absolute atomic E-state index is 13.9. The molecular formula is C24H36N6O3S. The molecular weight excluding hydrogens is 452 g/mol. The Balaban J connectivity index is 1.57. The Morgan fingerprint density at radius 3 is 2.44 bits per heavy atom. The SMILES string of the molecule is Cc1nc(C(C)(C)NC(=O)[C@@H]2C[C@@H](O)CN2C(=O)[C@@H](n2cc(C3CC3)nn2)C(C)(C)C)sc1C. The molecule has 4 rings (SSSR count). The summed E-state index contributed by atoms with van der Waals surface area (Å²) >= 11 is 1.55. The van der Waals surface area contributed by atoms with Crippen LogP contribution < -0.4 is 5.32 Å². The quantitative estimate of drug-likeness (QED) is 0.646. The molecule has 1 saturated heterocycles. The van der Waals surface area contributed by atoms with Crippen LogP contribution in [-0.4, -0.2) is 60.5 Å². The highest BCUT2D eigenvalue weighted by molar-refractivity contribution is 7.11. The number of amides is 2. The predicted molar refractivity (Wildman–Crippen MR) is 129 cm³/mol. The molecule has 1 aliphatic heterocycles. The average Bonchev–Trinajstić information content (AvgIpc) is 3.16. The van der Waals surface area contributed by atoms with E-state index in [0.717, 1.165) is 34.1 Å². The first-order valence-corrected chi connectivity index (χ1v) is 12.8. The smallest absolute Gasteiger partial charge is 0.248 e. The lowest BCUT2D eigenvalue weighted by molar-refractivity contribution is -0.144. The fourth-order valence-corrected chi connectivity index (χ4v) is 5.48. The molecule has 0 bridgehead atoms. The molecule has 3 atom stereocenters. The third kappa shape index (κ3) is 4.88. The molecule has 2 aromatic heterocycles. The molecule has 0 radical (unpaired) electrons. The van der Waals surface area contributed by atoms with E-state index in [1.807, 2.05) is 54.7 Å². The first kappa shape index (κ1) is 24.8. The summed E-state index contributed by atoms with van der Waals surface area (Å²) in [7, 11) is 0. The minimum absolute atomic E-state index is 0.115. The third-order valence-corrected chi connectivity index (χ3v) is 8.10. The van der Waals surface area contributed by atoms with Gasteiger partial charge in [0, 0.05) is 30.0 Å². The highest BCUT2D eigenvalue weighted by Gasteiger charge is 2.46. The number of β-amino-alcohol motifs (C(OH)–C–C–N with tert-alkyl or cyclic N) is 1. The zero-order valence-electron chi connectivity index (χ0n) is 21.1. The maximum atomic E-state index is 13.9. The van der Waals surface area contributed by atoms with Gasteiger partial charge >= 0.3 is 0 Å². The number of aliphatic hydroxyl groups is 1. The number of nitrogens with one attached hydrogen (secondary N) is 1. The van der Waals surface area contributed by atoms with Gasteiger partial charge in [-0.3, -0.25) is 9.59 Å². The molecule has 2 fully saturated rings. The number of hydrogen-bond donors (Lipinski definition) is 2. The molecule has 34 heavy (non-hydrogen) atoms. The number of carbonyl (C=O) groups is 2. The molecule has 10 heteroatoms. The number of aryl methyl sites for hydroxylation is 2. The molecule has 2 N–H and O–H groups in total. The van der Waals surface area contributed by atoms with E-state index >= 15 is 0 Å². The van der Waals surface area contributed by atoms with Crippen molar-refractivity contribution in [2.24, 2.45) is 5.41 Å². The van der Waals surface area contributed by atoms with Crippen molar-refractivity contribution in [2.45, 2.75) is 97.4 Å². The predicted octanol–water partition coefficient (Wildman–Crippen LogP) is 2.83. The molecule has 186 valence electrons. The van der Waals surface area contributed by atoms with Crippen molar-refractivity contribution in [3.05, 3.63) is 27.5 Å². The largest absolute Gasteiger partial charge is 0.391 e. The van der Waals surface area contributed by atoms with Gasteiger partial charge in [-0.15, -0.1) is 16.4 Å². The lowest BCUT2D eigenvalue weighted by Gasteiger charge is -2.35. The molecule has 1 saturated carbocycles. The van der Waals surface area contributed by atoms with Crippen molar-refractivity contribution in [3.63, 3.8) is 0 Å². The molecule has 0 unspecified atom stereocenters. The van der Waals surface area contributed by atoms with E-state index < -0.39 is 29.1 Å². The summed E-state index contributed by atoms with van der Waals surface area (Å²) in [5.74, 6) is -0.0857. The minimum atomic E-state index is -0.764. The van der Waals surface area contributed by atoms with Crippen molar-refractivity contribution in [3.8, 4) is 0 Å². The van der Waals surface area contributed by atoms with E-state index in [1.54, 1.807) is 16.0 Å². The number of carbonyl (C=O) groups excluding carboxylic acids is 2. The zero-order chi connectivity index (χ0) is 25.0. The topological polar surface area (TPSA) is 113 Å². The Hall–Kier alpha value is -2.33. The molecule has 2 aromatic rings. The van der Waals surface area contributed by atoms with Crippen molar-refractivity contribution < 1.29 is 14.7 Å². The second kappa shape index (κ2) is 8.71. The Kier molecular flexibility index (Phi) is 6.35. The number of thiazole rings is 1. The van der Waals surface area contributed by atoms with Crippen molar-refractivity contribution >= 4 is 23.2 Å². The molecule has 0 spiro atoms. The van der Waals surface area contributed by atoms with Crippen LogP contribution in [0.25, 0.3) is 0 Å². The number of hydrogen-bond acceptors (Lipinski definition) is 7. The van der Waals surface area contributed by atoms with Crippen molar-refractivity contribution in [2.75, 3.05) is 6.54 Å². The summed E-state index contributed by atoms with van der Waals surface area (Å²) in [6.45, 7) is 13.8. The van der Waals surface area contributed by atoms with Gasteiger partial charge in [-0.05, 0) is 46.0 Å². The Morgan fingerprint density at radius 2 is 1.88 bits per heavy atom. The average molecular weight is 489 g/mol. The first-order valence-electron chi connectivity index (χ1n) is 11.9. The highest BCUT2D eigenvalue weighted by Crippen LogP contribution is 2.40. The summed E-state index contributed by atoms with van der Waals surface area (Å²) in [4.78, 5) is 34.5. The van der Waals surface area contributed by atoms with Crippen LogP contribution in [0.4, 0.5) is 0 Å². The van der Waals surface area contributed by atoms with Crippen LogP contribution in [0.3, 0.4) is 0 Å². The van der Waals surface area contributed by atoms with Gasteiger partial charge in [0.2, 0.25) is 11.8 Å². The summed E-state index contributed by atoms with van der Waals surface area (Å²) in [5, 5.41) is 22.9. The number of likely N-dealkylation sites (tertiary alicyclic amines) is 1. The van der Waals surface area contributed by atoms with Gasteiger partial charge in [-0.25, -0.2) is 9.67 Å². The zero-order valence-corrected chi connectivity index (χ0v) is 21.9. The van der Waals surface area contributed by atoms with Crippen molar-refractivity contribution in [1.29, 1.82) is 0 Å². The molecule has 9 nitrogen and oxygen atoms in total. The van der Waals surface area contributed by atoms with Gasteiger partial charge < -0.3 is 15.3 Å². The van der Waals surface area contributed by atoms with Crippen LogP contribution >= 0.6 is 11.3 Å². The molecule has 3 heterocycles. The van der Waals surface area contributed by atoms with E-state index in [-0.39, 0.29) is 24.8 Å². The van der Waals surface area contributed by atoms with E-state index in [1.165, 1.54) is 4.90 Å². The lowest BCUT2D eigenvalue weighted by Crippen LogP contribution is -2.53. The van der Waals surface area contributed by atoms with Crippen molar-refractivity contribution in [1.82, 2.24) is 30.2 Å². The second-order valence-corrected chi connectivity index (χ2v) is 12.5. The molecule has 0 aromatic carbocycles. The van der Waals surface area contributed by atoms with Gasteiger partial charge in [0.1, 0.15) is 17.1 Å². The highest BCUT2D eigenvalue weighted by atomic mass is 32.1. The van der Waals surface area contributed by atoms with E-state index in [0.29, 0.717) is 5.92 Å². The number of rotatable bonds is 6. The van der Waals surface area contributed by atoms with Crippen LogP contribution in [-0.2, 0) is 15.1 Å². The normalized spacial score (nSPS) is 22.2. The van der Waals surface area contributed by atoms with Gasteiger partial charge in [0.05, 0.1) is 23.0 Å². The van der Waals surface area contributed by atoms with Gasteiger partial charge in [-0.2, -0.15) is 0 Å². The molecule has 1 aliphatic carbocycles. The first-order chi connectivity index (χ1) is 15.8. The lowest BCUT2D eigenvalue weighted by atomic mass is 9.85. The minimum Gasteiger partial charge on any atom is -0.391 e. The van der Waals surface area contributed by atoms with Crippen LogP contribution in [0.1, 0.15) is 87.1 Å². The van der Waals surface area contributed by atoms with Crippen LogP contribution in [0, 0.1) is 19.3 Å². The Morgan fingerprint density at radius 1 is 1.21 bits per heavy atom. The summed E-state index contributed by atoms with van der Waals surface area (Å²) in [5.41, 5.74) is 0.697. The van der Waals surface area contributed by atoms with Crippen LogP contribution in [0.5, 0.6) is 0 Å². The fraction of sp³-hybridized carbons (Fsp3) is 0.708. The Bertz CT molecular complexity index is 1060. The van der Waals surface area contributed by atoms with Gasteiger partial charge in [0.25, 0.3) is 0 Å². The summed E-state index contributed by atoms with van der Waals surface area (Å²) in [6.07, 6.45) is 3.50. The van der Waals surface area contributed by atoms with E-state index in [4.69, 9.17) is 0 Å². The third-order valence-electron chi connectivity index (χ3n) is 6.71. The number of nitrogens with zero attached hydrogens (tertiary/aromatic N) is 5. The number of aliphatic hydroxyl groups excluding tert-OH is 1. The monoisotopic (exact) mass is 488 g/mol. The number of aromatic nitrogens is 4. The molecule has 2 aliphatic rings. The summed E-state index contributed by atoms with van der Waals surface area (Å²) < 4.78 is 1.64. The maximum Gasteiger partial charge on any atom is 0.248 e. The van der Waals surface area contributed by atoms with Gasteiger partial charge in [0.15, 0.2) is 0 Å². The van der Waals surface area contributed by atoms with Crippen LogP contribution in [0.2, 0.25) is 0 Å². The fourth-order valence-electron chi connectivity index (χ4n) is 4.51. The van der Waals surface area contributed by atoms with E-state index in [9.17, 15) is 14.7 Å². The second-order valence-electron chi connectivity index (χ2n) is 11.3. The standard InChI is InChI=1S/C24H36N6O3S/c1-13-14(2)34-22(25-13)24(6,7)26-20(32)18-10-16(31)11-29(18)21(33)19(23(3,4)5)30-12-17(27-28-30)15-8-9-15/h12,15-16,18-19,31H,8-11H2,1-7H3,(H,26,32)/t16-,18+,19-/m1/s1.